The summed E-state index contributed by atoms with van der Waals surface area (Å²) in [5.41, 5.74) is 2.65. The van der Waals surface area contributed by atoms with E-state index >= 15 is 0 Å². The molecule has 30 heavy (non-hydrogen) atoms. The van der Waals surface area contributed by atoms with Gasteiger partial charge in [0.1, 0.15) is 17.2 Å². The summed E-state index contributed by atoms with van der Waals surface area (Å²) in [4.78, 5) is 26.3. The number of alkyl halides is 1. The summed E-state index contributed by atoms with van der Waals surface area (Å²) in [6.45, 7) is 0. The van der Waals surface area contributed by atoms with Crippen molar-refractivity contribution in [3.8, 4) is 11.5 Å². The predicted octanol–water partition coefficient (Wildman–Crippen LogP) is 5.36. The smallest absolute Gasteiger partial charge is 0.333 e. The molecule has 3 amide bonds. The molecule has 0 atom stereocenters. The van der Waals surface area contributed by atoms with Crippen LogP contribution in [0.25, 0.3) is 6.08 Å². The van der Waals surface area contributed by atoms with Gasteiger partial charge < -0.3 is 10.1 Å². The topological polar surface area (TPSA) is 58.6 Å². The quantitative estimate of drug-likeness (QED) is 0.333. The number of para-hydroxylation sites is 1. The molecule has 1 N–H and O–H groups in total. The van der Waals surface area contributed by atoms with Crippen molar-refractivity contribution in [2.24, 2.45) is 0 Å². The number of nitrogens with zero attached hydrogens (tertiary/aromatic N) is 1. The van der Waals surface area contributed by atoms with Gasteiger partial charge in [-0.3, -0.25) is 4.79 Å². The molecule has 1 saturated heterocycles. The maximum absolute atomic E-state index is 12.8. The van der Waals surface area contributed by atoms with E-state index in [0.29, 0.717) is 23.1 Å². The predicted molar refractivity (Wildman–Crippen MR) is 118 cm³/mol. The lowest BCUT2D eigenvalue weighted by Crippen LogP contribution is -2.30. The van der Waals surface area contributed by atoms with E-state index in [-0.39, 0.29) is 5.70 Å². The minimum Gasteiger partial charge on any atom is -0.457 e. The first-order valence-electron chi connectivity index (χ1n) is 9.49. The van der Waals surface area contributed by atoms with Crippen molar-refractivity contribution in [3.63, 3.8) is 0 Å². The number of ether oxygens (including phenoxy) is 1. The second-order valence-corrected chi connectivity index (χ2v) is 7.10. The van der Waals surface area contributed by atoms with Gasteiger partial charge in [0.25, 0.3) is 5.91 Å². The molecule has 0 unspecified atom stereocenters. The minimum absolute atomic E-state index is 0.231. The summed E-state index contributed by atoms with van der Waals surface area (Å²) in [6.07, 6.45) is 2.45. The second kappa shape index (κ2) is 8.84. The number of carbonyl (C=O) groups excluding carboxylic acids is 2. The number of benzene rings is 3. The molecule has 150 valence electrons. The van der Waals surface area contributed by atoms with E-state index in [0.717, 1.165) is 22.4 Å². The molecule has 0 radical (unpaired) electrons. The fourth-order valence-electron chi connectivity index (χ4n) is 3.11. The number of anilines is 1. The van der Waals surface area contributed by atoms with Crippen LogP contribution in [0.5, 0.6) is 11.5 Å². The Morgan fingerprint density at radius 3 is 2.20 bits per heavy atom. The van der Waals surface area contributed by atoms with Crippen molar-refractivity contribution >= 4 is 35.3 Å². The highest BCUT2D eigenvalue weighted by atomic mass is 35.5. The standard InChI is InChI=1S/C24H19ClN2O3/c25-15-14-17-6-8-18(9-7-17)16-22-23(28)27(24(29)26-22)19-10-12-21(13-11-19)30-20-4-2-1-3-5-20/h1-13,16H,14-15H2,(H,26,29)/b22-16-. The van der Waals surface area contributed by atoms with Gasteiger partial charge in [-0.25, -0.2) is 9.69 Å². The van der Waals surface area contributed by atoms with Crippen LogP contribution in [0.15, 0.2) is 84.6 Å². The van der Waals surface area contributed by atoms with Crippen LogP contribution >= 0.6 is 11.6 Å². The van der Waals surface area contributed by atoms with E-state index in [4.69, 9.17) is 16.3 Å². The molecule has 3 aromatic rings. The van der Waals surface area contributed by atoms with Crippen LogP contribution < -0.4 is 15.0 Å². The number of rotatable bonds is 6. The third-order valence-electron chi connectivity index (χ3n) is 4.63. The number of urea groups is 1. The molecule has 1 fully saturated rings. The fraction of sp³-hybridized carbons (Fsp3) is 0.0833. The third kappa shape index (κ3) is 4.36. The highest BCUT2D eigenvalue weighted by Crippen LogP contribution is 2.27. The zero-order valence-corrected chi connectivity index (χ0v) is 16.8. The molecule has 1 heterocycles. The summed E-state index contributed by atoms with van der Waals surface area (Å²) < 4.78 is 5.75. The van der Waals surface area contributed by atoms with E-state index in [1.165, 1.54) is 0 Å². The molecular weight excluding hydrogens is 400 g/mol. The second-order valence-electron chi connectivity index (χ2n) is 6.72. The largest absolute Gasteiger partial charge is 0.457 e. The van der Waals surface area contributed by atoms with Gasteiger partial charge in [-0.2, -0.15) is 0 Å². The molecule has 0 aromatic heterocycles. The lowest BCUT2D eigenvalue weighted by atomic mass is 10.1. The molecule has 5 nitrogen and oxygen atoms in total. The van der Waals surface area contributed by atoms with E-state index in [1.807, 2.05) is 54.6 Å². The molecule has 4 rings (SSSR count). The van der Waals surface area contributed by atoms with Crippen molar-refractivity contribution in [3.05, 3.63) is 95.7 Å². The lowest BCUT2D eigenvalue weighted by Gasteiger charge is -2.13. The SMILES string of the molecule is O=C1N/C(=C\c2ccc(CCCl)cc2)C(=O)N1c1ccc(Oc2ccccc2)cc1. The Morgan fingerprint density at radius 2 is 1.53 bits per heavy atom. The Morgan fingerprint density at radius 1 is 0.867 bits per heavy atom. The van der Waals surface area contributed by atoms with E-state index < -0.39 is 11.9 Å². The summed E-state index contributed by atoms with van der Waals surface area (Å²) in [5.74, 6) is 1.48. The molecule has 6 heteroatoms. The van der Waals surface area contributed by atoms with Crippen LogP contribution in [0.4, 0.5) is 10.5 Å². The zero-order chi connectivity index (χ0) is 20.9. The summed E-state index contributed by atoms with van der Waals surface area (Å²) >= 11 is 5.76. The van der Waals surface area contributed by atoms with Crippen molar-refractivity contribution in [2.75, 3.05) is 10.8 Å². The molecule has 0 spiro atoms. The monoisotopic (exact) mass is 418 g/mol. The summed E-state index contributed by atoms with van der Waals surface area (Å²) in [6, 6.07) is 23.4. The molecule has 1 aliphatic rings. The first-order chi connectivity index (χ1) is 14.6. The van der Waals surface area contributed by atoms with Crippen LogP contribution in [0.1, 0.15) is 11.1 Å². The average Bonchev–Trinajstić information content (AvgIpc) is 3.04. The Balaban J connectivity index is 1.49. The average molecular weight is 419 g/mol. The van der Waals surface area contributed by atoms with Crippen LogP contribution in [-0.2, 0) is 11.2 Å². The van der Waals surface area contributed by atoms with Gasteiger partial charge in [0, 0.05) is 5.88 Å². The van der Waals surface area contributed by atoms with Crippen molar-refractivity contribution in [2.45, 2.75) is 6.42 Å². The normalized spacial score (nSPS) is 14.8. The Bertz CT molecular complexity index is 1080. The van der Waals surface area contributed by atoms with E-state index in [2.05, 4.69) is 5.32 Å². The number of amides is 3. The fourth-order valence-corrected chi connectivity index (χ4v) is 3.33. The number of nitrogens with one attached hydrogen (secondary N) is 1. The van der Waals surface area contributed by atoms with Crippen molar-refractivity contribution in [1.82, 2.24) is 5.32 Å². The van der Waals surface area contributed by atoms with Crippen LogP contribution in [-0.4, -0.2) is 17.8 Å². The molecule has 0 bridgehead atoms. The van der Waals surface area contributed by atoms with Gasteiger partial charge in [0.05, 0.1) is 5.69 Å². The number of hydrogen-bond acceptors (Lipinski definition) is 3. The Labute approximate surface area is 179 Å². The third-order valence-corrected chi connectivity index (χ3v) is 4.81. The first kappa shape index (κ1) is 19.7. The van der Waals surface area contributed by atoms with Gasteiger partial charge >= 0.3 is 6.03 Å². The summed E-state index contributed by atoms with van der Waals surface area (Å²) in [7, 11) is 0. The zero-order valence-electron chi connectivity index (χ0n) is 16.0. The number of imide groups is 1. The first-order valence-corrected chi connectivity index (χ1v) is 10.0. The van der Waals surface area contributed by atoms with Gasteiger partial charge in [-0.1, -0.05) is 42.5 Å². The molecular formula is C24H19ClN2O3. The maximum Gasteiger partial charge on any atom is 0.333 e. The van der Waals surface area contributed by atoms with Crippen LogP contribution in [0.2, 0.25) is 0 Å². The molecule has 0 aliphatic carbocycles. The number of carbonyl (C=O) groups is 2. The van der Waals surface area contributed by atoms with E-state index in [9.17, 15) is 9.59 Å². The van der Waals surface area contributed by atoms with Crippen LogP contribution in [0.3, 0.4) is 0 Å². The number of aryl methyl sites for hydroxylation is 1. The van der Waals surface area contributed by atoms with Crippen molar-refractivity contribution in [1.29, 1.82) is 0 Å². The Hall–Kier alpha value is -3.57. The number of halogens is 1. The van der Waals surface area contributed by atoms with Gasteiger partial charge in [0.2, 0.25) is 0 Å². The Kier molecular flexibility index (Phi) is 5.82. The summed E-state index contributed by atoms with van der Waals surface area (Å²) in [5, 5.41) is 2.64. The van der Waals surface area contributed by atoms with E-state index in [1.54, 1.807) is 30.3 Å². The molecule has 1 aliphatic heterocycles. The van der Waals surface area contributed by atoms with Gasteiger partial charge in [-0.05, 0) is 60.0 Å². The highest BCUT2D eigenvalue weighted by molar-refractivity contribution is 6.28. The molecule has 3 aromatic carbocycles. The number of hydrogen-bond donors (Lipinski definition) is 1. The lowest BCUT2D eigenvalue weighted by molar-refractivity contribution is -0.113. The van der Waals surface area contributed by atoms with Gasteiger partial charge in [0.15, 0.2) is 0 Å². The minimum atomic E-state index is -0.485. The van der Waals surface area contributed by atoms with Crippen molar-refractivity contribution < 1.29 is 14.3 Å². The van der Waals surface area contributed by atoms with Crippen LogP contribution in [0, 0.1) is 0 Å². The van der Waals surface area contributed by atoms with Gasteiger partial charge in [-0.15, -0.1) is 11.6 Å². The molecule has 0 saturated carbocycles. The maximum atomic E-state index is 12.8. The highest BCUT2D eigenvalue weighted by Gasteiger charge is 2.34.